The lowest BCUT2D eigenvalue weighted by Gasteiger charge is -2.10. The van der Waals surface area contributed by atoms with Gasteiger partial charge < -0.3 is 5.32 Å². The molecule has 2 heterocycles. The lowest BCUT2D eigenvalue weighted by molar-refractivity contribution is -0.113. The number of carbonyl (C=O) groups is 1. The molecule has 3 rings (SSSR count). The third kappa shape index (κ3) is 3.91. The summed E-state index contributed by atoms with van der Waals surface area (Å²) >= 11 is 3.20. The Bertz CT molecular complexity index is 950. The SMILES string of the molecule is CCc1ccccc1NC(=O)CSc1nc(C)nc2sc(C)c(CC)c12. The molecule has 3 aromatic rings. The van der Waals surface area contributed by atoms with Gasteiger partial charge in [-0.05, 0) is 43.9 Å². The van der Waals surface area contributed by atoms with Crippen LogP contribution >= 0.6 is 23.1 Å². The molecule has 0 saturated carbocycles. The zero-order valence-electron chi connectivity index (χ0n) is 15.5. The van der Waals surface area contributed by atoms with Crippen molar-refractivity contribution in [3.63, 3.8) is 0 Å². The van der Waals surface area contributed by atoms with E-state index in [0.29, 0.717) is 5.75 Å². The molecule has 6 heteroatoms. The molecule has 0 atom stereocenters. The molecule has 0 fully saturated rings. The molecule has 0 radical (unpaired) electrons. The number of benzene rings is 1. The van der Waals surface area contributed by atoms with Gasteiger partial charge in [0, 0.05) is 16.0 Å². The number of amides is 1. The number of rotatable bonds is 6. The van der Waals surface area contributed by atoms with Gasteiger partial charge in [0.05, 0.1) is 5.75 Å². The van der Waals surface area contributed by atoms with Gasteiger partial charge >= 0.3 is 0 Å². The fraction of sp³-hybridized carbons (Fsp3) is 0.350. The molecular formula is C20H23N3OS2. The van der Waals surface area contributed by atoms with E-state index in [1.807, 2.05) is 31.2 Å². The number of carbonyl (C=O) groups excluding carboxylic acids is 1. The minimum atomic E-state index is -0.00897. The second-order valence-electron chi connectivity index (χ2n) is 6.09. The maximum Gasteiger partial charge on any atom is 0.234 e. The first-order valence-corrected chi connectivity index (χ1v) is 10.6. The van der Waals surface area contributed by atoms with Crippen LogP contribution in [0.2, 0.25) is 0 Å². The van der Waals surface area contributed by atoms with E-state index in [2.05, 4.69) is 36.1 Å². The van der Waals surface area contributed by atoms with Crippen molar-refractivity contribution in [3.05, 3.63) is 46.1 Å². The molecule has 1 N–H and O–H groups in total. The second kappa shape index (κ2) is 8.18. The Labute approximate surface area is 162 Å². The highest BCUT2D eigenvalue weighted by Crippen LogP contribution is 2.36. The van der Waals surface area contributed by atoms with Gasteiger partial charge in [0.1, 0.15) is 15.7 Å². The van der Waals surface area contributed by atoms with E-state index in [1.54, 1.807) is 11.3 Å². The van der Waals surface area contributed by atoms with E-state index >= 15 is 0 Å². The van der Waals surface area contributed by atoms with Crippen molar-refractivity contribution in [1.29, 1.82) is 0 Å². The zero-order valence-corrected chi connectivity index (χ0v) is 17.2. The molecule has 0 spiro atoms. The number of para-hydroxylation sites is 1. The summed E-state index contributed by atoms with van der Waals surface area (Å²) in [6.45, 7) is 8.27. The molecule has 2 aromatic heterocycles. The molecule has 0 aliphatic heterocycles. The molecule has 1 amide bonds. The Balaban J connectivity index is 1.80. The maximum atomic E-state index is 12.5. The van der Waals surface area contributed by atoms with Crippen molar-refractivity contribution in [2.75, 3.05) is 11.1 Å². The molecule has 0 aliphatic carbocycles. The van der Waals surface area contributed by atoms with Crippen LogP contribution in [0.25, 0.3) is 10.2 Å². The van der Waals surface area contributed by atoms with Crippen LogP contribution in [0.5, 0.6) is 0 Å². The van der Waals surface area contributed by atoms with Gasteiger partial charge in [-0.25, -0.2) is 9.97 Å². The first kappa shape index (κ1) is 18.9. The van der Waals surface area contributed by atoms with Crippen LogP contribution in [-0.2, 0) is 17.6 Å². The van der Waals surface area contributed by atoms with Gasteiger partial charge in [0.15, 0.2) is 0 Å². The van der Waals surface area contributed by atoms with Crippen molar-refractivity contribution in [2.24, 2.45) is 0 Å². The highest BCUT2D eigenvalue weighted by molar-refractivity contribution is 8.00. The topological polar surface area (TPSA) is 54.9 Å². The van der Waals surface area contributed by atoms with Gasteiger partial charge in [-0.2, -0.15) is 0 Å². The summed E-state index contributed by atoms with van der Waals surface area (Å²) in [5, 5.41) is 5.06. The van der Waals surface area contributed by atoms with Gasteiger partial charge in [-0.3, -0.25) is 4.79 Å². The average Bonchev–Trinajstić information content (AvgIpc) is 2.94. The molecule has 136 valence electrons. The Morgan fingerprint density at radius 3 is 2.65 bits per heavy atom. The summed E-state index contributed by atoms with van der Waals surface area (Å²) in [6, 6.07) is 7.93. The lowest BCUT2D eigenvalue weighted by atomic mass is 10.1. The number of hydrogen-bond donors (Lipinski definition) is 1. The van der Waals surface area contributed by atoms with Crippen LogP contribution in [0.1, 0.15) is 35.7 Å². The molecule has 1 aromatic carbocycles. The number of nitrogens with one attached hydrogen (secondary N) is 1. The summed E-state index contributed by atoms with van der Waals surface area (Å²) in [6.07, 6.45) is 1.84. The average molecular weight is 386 g/mol. The van der Waals surface area contributed by atoms with E-state index in [-0.39, 0.29) is 5.91 Å². The number of hydrogen-bond acceptors (Lipinski definition) is 5. The molecule has 0 unspecified atom stereocenters. The maximum absolute atomic E-state index is 12.5. The third-order valence-electron chi connectivity index (χ3n) is 4.30. The Morgan fingerprint density at radius 2 is 1.92 bits per heavy atom. The van der Waals surface area contributed by atoms with Crippen molar-refractivity contribution in [1.82, 2.24) is 9.97 Å². The summed E-state index contributed by atoms with van der Waals surface area (Å²) in [4.78, 5) is 24.0. The van der Waals surface area contributed by atoms with Gasteiger partial charge in [0.25, 0.3) is 0 Å². The minimum Gasteiger partial charge on any atom is -0.325 e. The highest BCUT2D eigenvalue weighted by Gasteiger charge is 2.16. The van der Waals surface area contributed by atoms with Crippen molar-refractivity contribution >= 4 is 44.9 Å². The van der Waals surface area contributed by atoms with Crippen molar-refractivity contribution in [2.45, 2.75) is 45.6 Å². The van der Waals surface area contributed by atoms with Gasteiger partial charge in [-0.15, -0.1) is 11.3 Å². The molecule has 4 nitrogen and oxygen atoms in total. The van der Waals surface area contributed by atoms with Gasteiger partial charge in [0.2, 0.25) is 5.91 Å². The smallest absolute Gasteiger partial charge is 0.234 e. The number of aromatic nitrogens is 2. The Kier molecular flexibility index (Phi) is 5.94. The Morgan fingerprint density at radius 1 is 1.15 bits per heavy atom. The predicted octanol–water partition coefficient (Wildman–Crippen LogP) is 5.16. The summed E-state index contributed by atoms with van der Waals surface area (Å²) in [5.41, 5.74) is 3.34. The van der Waals surface area contributed by atoms with Crippen molar-refractivity contribution < 1.29 is 4.79 Å². The molecular weight excluding hydrogens is 362 g/mol. The van der Waals surface area contributed by atoms with E-state index in [1.165, 1.54) is 22.2 Å². The van der Waals surface area contributed by atoms with Crippen molar-refractivity contribution in [3.8, 4) is 0 Å². The predicted molar refractivity (Wildman–Crippen MR) is 111 cm³/mol. The van der Waals surface area contributed by atoms with E-state index in [0.717, 1.165) is 45.2 Å². The first-order chi connectivity index (χ1) is 12.5. The Hall–Kier alpha value is -1.92. The standard InChI is InChI=1S/C20H23N3OS2/c1-5-14-9-7-8-10-16(14)23-17(24)11-25-19-18-15(6-2)12(3)26-20(18)22-13(4)21-19/h7-10H,5-6,11H2,1-4H3,(H,23,24). The van der Waals surface area contributed by atoms with E-state index < -0.39 is 0 Å². The van der Waals surface area contributed by atoms with Crippen LogP contribution in [0.15, 0.2) is 29.3 Å². The normalized spacial score (nSPS) is 11.1. The summed E-state index contributed by atoms with van der Waals surface area (Å²) in [7, 11) is 0. The highest BCUT2D eigenvalue weighted by atomic mass is 32.2. The molecule has 26 heavy (non-hydrogen) atoms. The van der Waals surface area contributed by atoms with E-state index in [4.69, 9.17) is 0 Å². The monoisotopic (exact) mass is 385 g/mol. The fourth-order valence-electron chi connectivity index (χ4n) is 3.04. The van der Waals surface area contributed by atoms with Crippen LogP contribution in [-0.4, -0.2) is 21.6 Å². The number of nitrogens with zero attached hydrogens (tertiary/aromatic N) is 2. The van der Waals surface area contributed by atoms with Gasteiger partial charge in [-0.1, -0.05) is 43.8 Å². The zero-order chi connectivity index (χ0) is 18.7. The molecule has 0 bridgehead atoms. The fourth-order valence-corrected chi connectivity index (χ4v) is 5.16. The minimum absolute atomic E-state index is 0.00897. The molecule has 0 aliphatic rings. The van der Waals surface area contributed by atoms with Crippen LogP contribution < -0.4 is 5.32 Å². The number of anilines is 1. The first-order valence-electron chi connectivity index (χ1n) is 8.80. The largest absolute Gasteiger partial charge is 0.325 e. The number of aryl methyl sites for hydroxylation is 4. The molecule has 0 saturated heterocycles. The third-order valence-corrected chi connectivity index (χ3v) is 6.31. The second-order valence-corrected chi connectivity index (χ2v) is 8.26. The number of fused-ring (bicyclic) bond motifs is 1. The van der Waals surface area contributed by atoms with Crippen LogP contribution in [0, 0.1) is 13.8 Å². The number of thioether (sulfide) groups is 1. The quantitative estimate of drug-likeness (QED) is 0.470. The van der Waals surface area contributed by atoms with E-state index in [9.17, 15) is 4.79 Å². The number of thiophene rings is 1. The summed E-state index contributed by atoms with van der Waals surface area (Å²) in [5.74, 6) is 1.08. The van der Waals surface area contributed by atoms with Crippen LogP contribution in [0.4, 0.5) is 5.69 Å². The summed E-state index contributed by atoms with van der Waals surface area (Å²) < 4.78 is 0. The van der Waals surface area contributed by atoms with Crippen LogP contribution in [0.3, 0.4) is 0 Å². The lowest BCUT2D eigenvalue weighted by Crippen LogP contribution is -2.15.